The lowest BCUT2D eigenvalue weighted by atomic mass is 9.54. The Bertz CT molecular complexity index is 1120. The highest BCUT2D eigenvalue weighted by Crippen LogP contribution is 2.59. The highest BCUT2D eigenvalue weighted by Gasteiger charge is 2.56. The topological polar surface area (TPSA) is 125 Å². The molecule has 3 atom stereocenters. The maximum atomic E-state index is 10.4. The van der Waals surface area contributed by atoms with Crippen LogP contribution < -0.4 is 19.9 Å². The van der Waals surface area contributed by atoms with Crippen molar-refractivity contribution in [3.05, 3.63) is 40.6 Å². The molecule has 2 aliphatic carbocycles. The minimum absolute atomic E-state index is 0.00598. The Labute approximate surface area is 195 Å². The molecule has 7 nitrogen and oxygen atoms in total. The summed E-state index contributed by atoms with van der Waals surface area (Å²) in [5.74, 6) is 0.779. The van der Waals surface area contributed by atoms with E-state index >= 15 is 0 Å². The van der Waals surface area contributed by atoms with E-state index in [0.717, 1.165) is 12.0 Å². The predicted octanol–water partition coefficient (Wildman–Crippen LogP) is 4.58. The molecule has 1 aromatic rings. The maximum Gasteiger partial charge on any atom is 0.191 e. The molecule has 0 heterocycles. The van der Waals surface area contributed by atoms with E-state index < -0.39 is 11.3 Å². The molecule has 7 heteroatoms. The lowest BCUT2D eigenvalue weighted by Gasteiger charge is -2.47. The molecule has 0 bridgehead atoms. The molecule has 3 rings (SSSR count). The average molecular weight is 447 g/mol. The largest absolute Gasteiger partial charge is 0.496 e. The van der Waals surface area contributed by atoms with E-state index in [9.17, 15) is 15.8 Å². The van der Waals surface area contributed by atoms with Gasteiger partial charge in [0, 0.05) is 17.5 Å². The fraction of sp³-hybridized carbons (Fsp3) is 0.500. The number of allylic oxidation sites excluding steroid dienone is 4. The fourth-order valence-corrected chi connectivity index (χ4v) is 5.24. The van der Waals surface area contributed by atoms with Crippen molar-refractivity contribution in [2.75, 3.05) is 21.3 Å². The van der Waals surface area contributed by atoms with Crippen LogP contribution in [0.3, 0.4) is 0 Å². The monoisotopic (exact) mass is 446 g/mol. The molecule has 33 heavy (non-hydrogen) atoms. The van der Waals surface area contributed by atoms with Crippen LogP contribution in [0.2, 0.25) is 0 Å². The quantitative estimate of drug-likeness (QED) is 0.717. The Morgan fingerprint density at radius 2 is 1.55 bits per heavy atom. The molecule has 0 aliphatic heterocycles. The molecule has 0 fully saturated rings. The van der Waals surface area contributed by atoms with E-state index in [2.05, 4.69) is 45.1 Å². The minimum atomic E-state index is -1.74. The fourth-order valence-electron chi connectivity index (χ4n) is 5.24. The molecular weight excluding hydrogens is 416 g/mol. The van der Waals surface area contributed by atoms with Crippen LogP contribution in [0, 0.1) is 56.7 Å². The van der Waals surface area contributed by atoms with Crippen LogP contribution in [0.1, 0.15) is 45.1 Å². The van der Waals surface area contributed by atoms with Crippen molar-refractivity contribution in [1.29, 1.82) is 15.8 Å². The number of rotatable bonds is 4. The summed E-state index contributed by atoms with van der Waals surface area (Å²) in [5.41, 5.74) is 6.38. The zero-order chi connectivity index (χ0) is 24.6. The van der Waals surface area contributed by atoms with Crippen LogP contribution in [0.4, 0.5) is 0 Å². The van der Waals surface area contributed by atoms with E-state index in [4.69, 9.17) is 19.9 Å². The molecule has 0 spiro atoms. The third-order valence-corrected chi connectivity index (χ3v) is 7.17. The van der Waals surface area contributed by atoms with Crippen molar-refractivity contribution in [2.45, 2.75) is 39.5 Å². The third kappa shape index (κ3) is 3.66. The van der Waals surface area contributed by atoms with Gasteiger partial charge in [0.15, 0.2) is 16.9 Å². The van der Waals surface area contributed by atoms with Gasteiger partial charge >= 0.3 is 0 Å². The van der Waals surface area contributed by atoms with Crippen molar-refractivity contribution in [2.24, 2.45) is 28.4 Å². The van der Waals surface area contributed by atoms with E-state index in [1.165, 1.54) is 21.3 Å². The summed E-state index contributed by atoms with van der Waals surface area (Å²) in [5, 5.41) is 30.7. The second-order valence-electron chi connectivity index (χ2n) is 9.66. The van der Waals surface area contributed by atoms with Crippen LogP contribution in [-0.2, 0) is 0 Å². The molecule has 0 amide bonds. The third-order valence-electron chi connectivity index (χ3n) is 7.17. The number of nitriles is 3. The number of nitrogens with two attached hydrogens (primary N) is 1. The number of fused-ring (bicyclic) bond motifs is 1. The highest BCUT2D eigenvalue weighted by atomic mass is 16.5. The Kier molecular flexibility index (Phi) is 6.35. The molecule has 0 aromatic heterocycles. The van der Waals surface area contributed by atoms with Crippen molar-refractivity contribution in [3.63, 3.8) is 0 Å². The van der Waals surface area contributed by atoms with Crippen LogP contribution >= 0.6 is 0 Å². The summed E-state index contributed by atoms with van der Waals surface area (Å²) in [4.78, 5) is 0. The Hall–Kier alpha value is -3.63. The van der Waals surface area contributed by atoms with Crippen molar-refractivity contribution >= 4 is 0 Å². The van der Waals surface area contributed by atoms with Crippen LogP contribution in [0.15, 0.2) is 35.1 Å². The number of hydrogen-bond donors (Lipinski definition) is 1. The van der Waals surface area contributed by atoms with Gasteiger partial charge in [0.25, 0.3) is 0 Å². The van der Waals surface area contributed by atoms with Gasteiger partial charge in [-0.05, 0) is 41.7 Å². The van der Waals surface area contributed by atoms with E-state index in [-0.39, 0.29) is 22.6 Å². The number of nitrogens with zero attached hydrogens (tertiary/aromatic N) is 3. The summed E-state index contributed by atoms with van der Waals surface area (Å²) in [6, 6.07) is 10.0. The molecule has 2 N–H and O–H groups in total. The van der Waals surface area contributed by atoms with Crippen molar-refractivity contribution < 1.29 is 14.2 Å². The normalized spacial score (nSPS) is 23.8. The molecule has 1 aromatic carbocycles. The summed E-state index contributed by atoms with van der Waals surface area (Å²) in [7, 11) is 4.59. The molecular formula is C26H30N4O3. The molecule has 0 unspecified atom stereocenters. The van der Waals surface area contributed by atoms with Gasteiger partial charge in [0.05, 0.1) is 44.7 Å². The molecule has 0 saturated heterocycles. The Balaban J connectivity index is 2.39. The zero-order valence-electron chi connectivity index (χ0n) is 20.0. The van der Waals surface area contributed by atoms with Crippen LogP contribution in [0.25, 0.3) is 0 Å². The van der Waals surface area contributed by atoms with Crippen molar-refractivity contribution in [3.8, 4) is 35.5 Å². The van der Waals surface area contributed by atoms with Gasteiger partial charge in [-0.2, -0.15) is 15.8 Å². The first-order valence-electron chi connectivity index (χ1n) is 10.9. The summed E-state index contributed by atoms with van der Waals surface area (Å²) < 4.78 is 16.6. The number of benzene rings is 1. The standard InChI is InChI=1S/C26H30N4O3/c1-25(2,3)15-7-8-16-17(9-15)23(26(13-28,14-29)24(30)19(16)12-27)18-10-21(32-5)22(33-6)11-20(18)31-4/h8,10-11,15,17,23H,7,9,30H2,1-6H3/t15-,17-,23-/m1/s1. The van der Waals surface area contributed by atoms with Gasteiger partial charge < -0.3 is 19.9 Å². The molecule has 0 radical (unpaired) electrons. The maximum absolute atomic E-state index is 10.4. The number of ether oxygens (including phenoxy) is 3. The first-order valence-corrected chi connectivity index (χ1v) is 10.9. The Morgan fingerprint density at radius 3 is 2.03 bits per heavy atom. The SMILES string of the molecule is COc1cc(OC)c([C@H]2[C@@H]3C[C@H](C(C)(C)C)CC=C3C(C#N)=C(N)C2(C#N)C#N)cc1OC. The van der Waals surface area contributed by atoms with Crippen LogP contribution in [-0.4, -0.2) is 21.3 Å². The first kappa shape index (κ1) is 24.0. The van der Waals surface area contributed by atoms with Gasteiger partial charge in [-0.15, -0.1) is 0 Å². The van der Waals surface area contributed by atoms with Gasteiger partial charge in [-0.1, -0.05) is 26.8 Å². The van der Waals surface area contributed by atoms with Gasteiger partial charge in [-0.3, -0.25) is 0 Å². The van der Waals surface area contributed by atoms with Crippen molar-refractivity contribution in [1.82, 2.24) is 0 Å². The highest BCUT2D eigenvalue weighted by molar-refractivity contribution is 5.62. The lowest BCUT2D eigenvalue weighted by Crippen LogP contribution is -2.44. The van der Waals surface area contributed by atoms with E-state index in [1.54, 1.807) is 12.1 Å². The lowest BCUT2D eigenvalue weighted by molar-refractivity contribution is 0.169. The minimum Gasteiger partial charge on any atom is -0.496 e. The van der Waals surface area contributed by atoms with E-state index in [0.29, 0.717) is 35.2 Å². The summed E-state index contributed by atoms with van der Waals surface area (Å²) in [6.07, 6.45) is 3.57. The molecule has 2 aliphatic rings. The van der Waals surface area contributed by atoms with E-state index in [1.807, 2.05) is 0 Å². The Morgan fingerprint density at radius 1 is 0.970 bits per heavy atom. The van der Waals surface area contributed by atoms with Gasteiger partial charge in [0.1, 0.15) is 11.8 Å². The second-order valence-corrected chi connectivity index (χ2v) is 9.66. The van der Waals surface area contributed by atoms with Crippen LogP contribution in [0.5, 0.6) is 17.2 Å². The number of hydrogen-bond acceptors (Lipinski definition) is 7. The summed E-state index contributed by atoms with van der Waals surface area (Å²) in [6.45, 7) is 6.55. The first-order chi connectivity index (χ1) is 15.6. The second kappa shape index (κ2) is 8.72. The average Bonchev–Trinajstić information content (AvgIpc) is 2.81. The molecule has 0 saturated carbocycles. The van der Waals surface area contributed by atoms with Gasteiger partial charge in [-0.25, -0.2) is 0 Å². The molecule has 172 valence electrons. The summed E-state index contributed by atoms with van der Waals surface area (Å²) >= 11 is 0. The smallest absolute Gasteiger partial charge is 0.191 e. The predicted molar refractivity (Wildman–Crippen MR) is 123 cm³/mol. The van der Waals surface area contributed by atoms with Gasteiger partial charge in [0.2, 0.25) is 0 Å². The zero-order valence-corrected chi connectivity index (χ0v) is 20.0. The number of methoxy groups -OCH3 is 3.